The molecule has 2 rings (SSSR count). The standard InChI is InChI=1S/C17H26N2O/c1-14(2)16-7-6-15(17(13-16)20-3)5-4-10-19-11-8-18-9-12-19/h4-7,13-14,18H,8-12H2,1-3H3/b5-4+. The minimum atomic E-state index is 0.530. The average Bonchev–Trinajstić information content (AvgIpc) is 2.48. The van der Waals surface area contributed by atoms with Gasteiger partial charge in [-0.1, -0.05) is 38.1 Å². The molecule has 1 N–H and O–H groups in total. The first-order valence-electron chi connectivity index (χ1n) is 7.48. The van der Waals surface area contributed by atoms with Gasteiger partial charge in [0.2, 0.25) is 0 Å². The summed E-state index contributed by atoms with van der Waals surface area (Å²) in [5, 5.41) is 3.37. The molecule has 20 heavy (non-hydrogen) atoms. The van der Waals surface area contributed by atoms with Gasteiger partial charge in [0.15, 0.2) is 0 Å². The monoisotopic (exact) mass is 274 g/mol. The van der Waals surface area contributed by atoms with Crippen LogP contribution < -0.4 is 10.1 Å². The van der Waals surface area contributed by atoms with E-state index in [4.69, 9.17) is 4.74 Å². The first kappa shape index (κ1) is 15.1. The summed E-state index contributed by atoms with van der Waals surface area (Å²) < 4.78 is 5.50. The minimum Gasteiger partial charge on any atom is -0.496 e. The Morgan fingerprint density at radius 2 is 2.05 bits per heavy atom. The van der Waals surface area contributed by atoms with E-state index >= 15 is 0 Å². The maximum absolute atomic E-state index is 5.50. The lowest BCUT2D eigenvalue weighted by molar-refractivity contribution is 0.265. The highest BCUT2D eigenvalue weighted by atomic mass is 16.5. The van der Waals surface area contributed by atoms with Gasteiger partial charge in [0.05, 0.1) is 7.11 Å². The smallest absolute Gasteiger partial charge is 0.126 e. The second-order valence-corrected chi connectivity index (χ2v) is 5.61. The van der Waals surface area contributed by atoms with Crippen molar-refractivity contribution >= 4 is 6.08 Å². The van der Waals surface area contributed by atoms with E-state index in [1.54, 1.807) is 7.11 Å². The zero-order valence-electron chi connectivity index (χ0n) is 12.9. The summed E-state index contributed by atoms with van der Waals surface area (Å²) >= 11 is 0. The summed E-state index contributed by atoms with van der Waals surface area (Å²) in [6.07, 6.45) is 4.41. The zero-order chi connectivity index (χ0) is 14.4. The van der Waals surface area contributed by atoms with Gasteiger partial charge in [-0.2, -0.15) is 0 Å². The number of rotatable bonds is 5. The molecule has 3 heteroatoms. The SMILES string of the molecule is COc1cc(C(C)C)ccc1/C=C/CN1CCNCC1. The molecule has 1 aromatic carbocycles. The third kappa shape index (κ3) is 4.09. The van der Waals surface area contributed by atoms with Gasteiger partial charge < -0.3 is 10.1 Å². The van der Waals surface area contributed by atoms with Gasteiger partial charge in [0.25, 0.3) is 0 Å². The van der Waals surface area contributed by atoms with Crippen molar-refractivity contribution in [2.75, 3.05) is 39.8 Å². The Labute approximate surface area is 122 Å². The van der Waals surface area contributed by atoms with Gasteiger partial charge in [0.1, 0.15) is 5.75 Å². The number of nitrogens with one attached hydrogen (secondary N) is 1. The highest BCUT2D eigenvalue weighted by Gasteiger charge is 2.07. The maximum atomic E-state index is 5.50. The lowest BCUT2D eigenvalue weighted by Crippen LogP contribution is -2.43. The molecule has 0 atom stereocenters. The Kier molecular flexibility index (Phi) is 5.62. The molecule has 0 aromatic heterocycles. The molecule has 1 aromatic rings. The largest absolute Gasteiger partial charge is 0.496 e. The number of hydrogen-bond donors (Lipinski definition) is 1. The van der Waals surface area contributed by atoms with Crippen LogP contribution in [0.2, 0.25) is 0 Å². The number of methoxy groups -OCH3 is 1. The molecule has 0 spiro atoms. The van der Waals surface area contributed by atoms with Gasteiger partial charge in [-0.15, -0.1) is 0 Å². The molecule has 3 nitrogen and oxygen atoms in total. The van der Waals surface area contributed by atoms with Crippen molar-refractivity contribution < 1.29 is 4.74 Å². The lowest BCUT2D eigenvalue weighted by atomic mass is 10.0. The van der Waals surface area contributed by atoms with Crippen molar-refractivity contribution in [3.63, 3.8) is 0 Å². The van der Waals surface area contributed by atoms with E-state index in [-0.39, 0.29) is 0 Å². The van der Waals surface area contributed by atoms with Gasteiger partial charge in [-0.3, -0.25) is 4.90 Å². The van der Waals surface area contributed by atoms with Crippen molar-refractivity contribution in [1.82, 2.24) is 10.2 Å². The van der Waals surface area contributed by atoms with Gasteiger partial charge >= 0.3 is 0 Å². The second kappa shape index (κ2) is 7.46. The molecular weight excluding hydrogens is 248 g/mol. The Balaban J connectivity index is 2.00. The summed E-state index contributed by atoms with van der Waals surface area (Å²) in [4.78, 5) is 2.46. The molecule has 0 unspecified atom stereocenters. The van der Waals surface area contributed by atoms with E-state index in [0.717, 1.165) is 44.0 Å². The Hall–Kier alpha value is -1.32. The van der Waals surface area contributed by atoms with Crippen LogP contribution in [0.5, 0.6) is 5.75 Å². The normalized spacial score (nSPS) is 17.0. The highest BCUT2D eigenvalue weighted by Crippen LogP contribution is 2.25. The van der Waals surface area contributed by atoms with Crippen LogP contribution in [0.15, 0.2) is 24.3 Å². The van der Waals surface area contributed by atoms with E-state index < -0.39 is 0 Å². The van der Waals surface area contributed by atoms with Crippen LogP contribution in [0.4, 0.5) is 0 Å². The molecule has 1 aliphatic rings. The molecule has 0 saturated carbocycles. The van der Waals surface area contributed by atoms with Crippen LogP contribution in [0.25, 0.3) is 6.08 Å². The van der Waals surface area contributed by atoms with Crippen LogP contribution in [0.1, 0.15) is 30.9 Å². The van der Waals surface area contributed by atoms with Crippen LogP contribution in [0, 0.1) is 0 Å². The van der Waals surface area contributed by atoms with E-state index in [0.29, 0.717) is 5.92 Å². The van der Waals surface area contributed by atoms with Crippen molar-refractivity contribution in [3.05, 3.63) is 35.4 Å². The minimum absolute atomic E-state index is 0.530. The number of nitrogens with zero attached hydrogens (tertiary/aromatic N) is 1. The number of hydrogen-bond acceptors (Lipinski definition) is 3. The summed E-state index contributed by atoms with van der Waals surface area (Å²) in [7, 11) is 1.74. The van der Waals surface area contributed by atoms with Crippen molar-refractivity contribution in [1.29, 1.82) is 0 Å². The third-order valence-electron chi connectivity index (χ3n) is 3.79. The predicted molar refractivity (Wildman–Crippen MR) is 85.4 cm³/mol. The Bertz CT molecular complexity index is 448. The van der Waals surface area contributed by atoms with E-state index in [1.807, 2.05) is 0 Å². The number of ether oxygens (including phenoxy) is 1. The molecular formula is C17H26N2O. The summed E-state index contributed by atoms with van der Waals surface area (Å²) in [6.45, 7) is 9.88. The van der Waals surface area contributed by atoms with Crippen LogP contribution in [-0.4, -0.2) is 44.7 Å². The summed E-state index contributed by atoms with van der Waals surface area (Å²) in [5.74, 6) is 1.50. The molecule has 0 bridgehead atoms. The van der Waals surface area contributed by atoms with Crippen molar-refractivity contribution in [3.8, 4) is 5.75 Å². The number of benzene rings is 1. The molecule has 1 fully saturated rings. The predicted octanol–water partition coefficient (Wildman–Crippen LogP) is 2.74. The second-order valence-electron chi connectivity index (χ2n) is 5.61. The zero-order valence-corrected chi connectivity index (χ0v) is 12.9. The number of piperazine rings is 1. The van der Waals surface area contributed by atoms with E-state index in [2.05, 4.69) is 54.4 Å². The Morgan fingerprint density at radius 3 is 2.70 bits per heavy atom. The molecule has 1 heterocycles. The summed E-state index contributed by atoms with van der Waals surface area (Å²) in [5.41, 5.74) is 2.48. The van der Waals surface area contributed by atoms with Crippen LogP contribution >= 0.6 is 0 Å². The van der Waals surface area contributed by atoms with E-state index in [9.17, 15) is 0 Å². The molecule has 0 radical (unpaired) electrons. The fraction of sp³-hybridized carbons (Fsp3) is 0.529. The molecule has 1 saturated heterocycles. The molecule has 0 aliphatic carbocycles. The fourth-order valence-corrected chi connectivity index (χ4v) is 2.45. The Morgan fingerprint density at radius 1 is 1.30 bits per heavy atom. The van der Waals surface area contributed by atoms with Gasteiger partial charge in [-0.05, 0) is 17.5 Å². The van der Waals surface area contributed by atoms with E-state index in [1.165, 1.54) is 5.56 Å². The summed E-state index contributed by atoms with van der Waals surface area (Å²) in [6, 6.07) is 6.50. The van der Waals surface area contributed by atoms with Gasteiger partial charge in [0, 0.05) is 38.3 Å². The quantitative estimate of drug-likeness (QED) is 0.893. The van der Waals surface area contributed by atoms with Crippen LogP contribution in [0.3, 0.4) is 0 Å². The average molecular weight is 274 g/mol. The van der Waals surface area contributed by atoms with Crippen molar-refractivity contribution in [2.45, 2.75) is 19.8 Å². The van der Waals surface area contributed by atoms with Gasteiger partial charge in [-0.25, -0.2) is 0 Å². The topological polar surface area (TPSA) is 24.5 Å². The molecule has 110 valence electrons. The first-order chi connectivity index (χ1) is 9.70. The third-order valence-corrected chi connectivity index (χ3v) is 3.79. The maximum Gasteiger partial charge on any atom is 0.126 e. The lowest BCUT2D eigenvalue weighted by Gasteiger charge is -2.25. The van der Waals surface area contributed by atoms with Crippen LogP contribution in [-0.2, 0) is 0 Å². The fourth-order valence-electron chi connectivity index (χ4n) is 2.45. The van der Waals surface area contributed by atoms with Crippen molar-refractivity contribution in [2.24, 2.45) is 0 Å². The highest BCUT2D eigenvalue weighted by molar-refractivity contribution is 5.58. The molecule has 1 aliphatic heterocycles. The molecule has 0 amide bonds. The first-order valence-corrected chi connectivity index (χ1v) is 7.48.